The van der Waals surface area contributed by atoms with E-state index in [4.69, 9.17) is 9.47 Å². The fraction of sp³-hybridized carbons (Fsp3) is 0.667. The molecule has 0 aromatic carbocycles. The maximum Gasteiger partial charge on any atom is 0.306 e. The quantitative estimate of drug-likeness (QED) is 0.172. The first-order chi connectivity index (χ1) is 20.2. The van der Waals surface area contributed by atoms with Crippen molar-refractivity contribution in [3.05, 3.63) is 36.0 Å². The number of fused-ring (bicyclic) bond motifs is 5. The van der Waals surface area contributed by atoms with Crippen LogP contribution in [-0.2, 0) is 23.9 Å². The van der Waals surface area contributed by atoms with Gasteiger partial charge in [0.15, 0.2) is 23.3 Å². The van der Waals surface area contributed by atoms with Gasteiger partial charge in [-0.05, 0) is 56.8 Å². The van der Waals surface area contributed by atoms with Gasteiger partial charge in [-0.2, -0.15) is 0 Å². The summed E-state index contributed by atoms with van der Waals surface area (Å²) in [6.07, 6.45) is 3.26. The molecule has 0 aliphatic heterocycles. The zero-order valence-corrected chi connectivity index (χ0v) is 26.2. The van der Waals surface area contributed by atoms with E-state index in [0.717, 1.165) is 17.8 Å². The summed E-state index contributed by atoms with van der Waals surface area (Å²) in [5, 5.41) is 21.0. The summed E-state index contributed by atoms with van der Waals surface area (Å²) in [4.78, 5) is 39.1. The van der Waals surface area contributed by atoms with Crippen LogP contribution in [0.4, 0.5) is 8.78 Å². The molecule has 6 unspecified atom stereocenters. The SMILES string of the molecule is C/C=C/CC(O)OCC#CCSC(=O)[C@@]1(OC(=O)CC)[C@H](C)CC2C3C[C@H](F)C4=CC(=O)C=CC4(C)[C@@]3(F)C(O)CC21C. The Hall–Kier alpha value is -2.32. The molecule has 43 heavy (non-hydrogen) atoms. The Kier molecular flexibility index (Phi) is 9.83. The van der Waals surface area contributed by atoms with Gasteiger partial charge in [0.25, 0.3) is 0 Å². The molecule has 10 heteroatoms. The molecule has 3 fully saturated rings. The molecule has 0 amide bonds. The van der Waals surface area contributed by atoms with Crippen molar-refractivity contribution >= 4 is 28.6 Å². The molecule has 0 spiro atoms. The number of hydrogen-bond acceptors (Lipinski definition) is 8. The van der Waals surface area contributed by atoms with Crippen LogP contribution < -0.4 is 0 Å². The molecule has 236 valence electrons. The van der Waals surface area contributed by atoms with Crippen LogP contribution in [0.5, 0.6) is 0 Å². The largest absolute Gasteiger partial charge is 0.449 e. The first-order valence-corrected chi connectivity index (χ1v) is 15.9. The lowest BCUT2D eigenvalue weighted by molar-refractivity contribution is -0.228. The molecule has 0 heterocycles. The first-order valence-electron chi connectivity index (χ1n) is 14.9. The summed E-state index contributed by atoms with van der Waals surface area (Å²) in [7, 11) is 0. The number of thioether (sulfide) groups is 1. The summed E-state index contributed by atoms with van der Waals surface area (Å²) < 4.78 is 44.6. The lowest BCUT2D eigenvalue weighted by atomic mass is 9.44. The minimum Gasteiger partial charge on any atom is -0.449 e. The third kappa shape index (κ3) is 5.34. The maximum absolute atomic E-state index is 17.5. The Bertz CT molecular complexity index is 1290. The van der Waals surface area contributed by atoms with E-state index < -0.39 is 75.3 Å². The molecule has 0 radical (unpaired) electrons. The predicted octanol–water partition coefficient (Wildman–Crippen LogP) is 4.81. The second-order valence-electron chi connectivity index (χ2n) is 12.6. The number of ether oxygens (including phenoxy) is 2. The van der Waals surface area contributed by atoms with Crippen LogP contribution in [0, 0.1) is 40.4 Å². The van der Waals surface area contributed by atoms with Crippen molar-refractivity contribution in [2.45, 2.75) is 96.6 Å². The van der Waals surface area contributed by atoms with Gasteiger partial charge in [-0.15, -0.1) is 0 Å². The van der Waals surface area contributed by atoms with Crippen molar-refractivity contribution in [1.29, 1.82) is 0 Å². The van der Waals surface area contributed by atoms with Crippen LogP contribution in [0.15, 0.2) is 36.0 Å². The van der Waals surface area contributed by atoms with Gasteiger partial charge in [-0.1, -0.05) is 62.6 Å². The number of hydrogen-bond donors (Lipinski definition) is 2. The minimum absolute atomic E-state index is 0.0104. The van der Waals surface area contributed by atoms with E-state index in [1.807, 2.05) is 6.92 Å². The number of aliphatic hydroxyl groups excluding tert-OH is 2. The molecule has 4 rings (SSSR count). The van der Waals surface area contributed by atoms with Gasteiger partial charge in [0.2, 0.25) is 5.12 Å². The molecule has 7 nitrogen and oxygen atoms in total. The molecule has 0 aromatic heterocycles. The Morgan fingerprint density at radius 1 is 1.26 bits per heavy atom. The van der Waals surface area contributed by atoms with Crippen molar-refractivity contribution in [3.8, 4) is 11.8 Å². The van der Waals surface area contributed by atoms with Crippen molar-refractivity contribution in [1.82, 2.24) is 0 Å². The van der Waals surface area contributed by atoms with Gasteiger partial charge < -0.3 is 19.7 Å². The summed E-state index contributed by atoms with van der Waals surface area (Å²) in [5.74, 6) is 2.51. The lowest BCUT2D eigenvalue weighted by Gasteiger charge is -2.63. The van der Waals surface area contributed by atoms with Gasteiger partial charge in [0.1, 0.15) is 12.8 Å². The minimum atomic E-state index is -2.30. The summed E-state index contributed by atoms with van der Waals surface area (Å²) >= 11 is 0.877. The summed E-state index contributed by atoms with van der Waals surface area (Å²) in [6, 6.07) is 0. The van der Waals surface area contributed by atoms with Gasteiger partial charge in [0, 0.05) is 35.5 Å². The number of aliphatic hydroxyl groups is 2. The fourth-order valence-electron chi connectivity index (χ4n) is 8.24. The average molecular weight is 621 g/mol. The molecule has 3 saturated carbocycles. The van der Waals surface area contributed by atoms with Gasteiger partial charge in [-0.3, -0.25) is 14.4 Å². The molecular formula is C33H42F2O7S. The number of alkyl halides is 2. The molecule has 10 atom stereocenters. The van der Waals surface area contributed by atoms with E-state index in [1.165, 1.54) is 19.1 Å². The molecule has 0 bridgehead atoms. The van der Waals surface area contributed by atoms with Crippen LogP contribution in [0.1, 0.15) is 66.7 Å². The number of carbonyl (C=O) groups is 3. The molecule has 2 N–H and O–H groups in total. The average Bonchev–Trinajstić information content (AvgIpc) is 3.18. The molecular weight excluding hydrogens is 578 g/mol. The Morgan fingerprint density at radius 2 is 1.98 bits per heavy atom. The number of halogens is 2. The lowest BCUT2D eigenvalue weighted by Crippen LogP contribution is -2.70. The summed E-state index contributed by atoms with van der Waals surface area (Å²) in [6.45, 7) is 8.47. The molecule has 4 aliphatic carbocycles. The topological polar surface area (TPSA) is 110 Å². The van der Waals surface area contributed by atoms with Crippen molar-refractivity contribution in [2.24, 2.45) is 28.6 Å². The number of carbonyl (C=O) groups excluding carboxylic acids is 3. The number of allylic oxidation sites excluding steroid dienone is 5. The highest BCUT2D eigenvalue weighted by atomic mass is 32.2. The van der Waals surface area contributed by atoms with E-state index >= 15 is 8.78 Å². The highest BCUT2D eigenvalue weighted by molar-refractivity contribution is 8.14. The number of esters is 1. The Balaban J connectivity index is 1.64. The third-order valence-electron chi connectivity index (χ3n) is 10.4. The second-order valence-corrected chi connectivity index (χ2v) is 13.5. The van der Waals surface area contributed by atoms with E-state index in [9.17, 15) is 24.6 Å². The molecule has 0 aromatic rings. The van der Waals surface area contributed by atoms with Gasteiger partial charge in [0.05, 0.1) is 11.9 Å². The maximum atomic E-state index is 17.5. The second kappa shape index (κ2) is 12.6. The van der Waals surface area contributed by atoms with E-state index in [-0.39, 0.29) is 43.6 Å². The molecule has 0 saturated heterocycles. The fourth-order valence-corrected chi connectivity index (χ4v) is 9.23. The van der Waals surface area contributed by atoms with Crippen LogP contribution in [-0.4, -0.2) is 69.3 Å². The van der Waals surface area contributed by atoms with Gasteiger partial charge >= 0.3 is 5.97 Å². The smallest absolute Gasteiger partial charge is 0.306 e. The van der Waals surface area contributed by atoms with E-state index in [0.29, 0.717) is 6.42 Å². The number of ketones is 1. The Labute approximate surface area is 256 Å². The standard InChI is InChI=1S/C33H42F2O7S/c1-6-8-11-28(39)41-14-9-10-15-43-29(40)33(42-27(38)7-2)20(3)16-22-23-18-25(34)24-17-21(36)12-13-30(24,4)32(23,35)26(37)19-31(22,33)5/h6,8,12-13,17,20,22-23,25-26,28,37,39H,7,11,14-16,18-19H2,1-5H3/b8-6+/t20-,22?,23?,25+,26?,28?,30?,31?,32+,33+/m1/s1. The highest BCUT2D eigenvalue weighted by Gasteiger charge is 2.78. The van der Waals surface area contributed by atoms with Gasteiger partial charge in [-0.25, -0.2) is 8.78 Å². The third-order valence-corrected chi connectivity index (χ3v) is 11.2. The number of rotatable bonds is 8. The summed E-state index contributed by atoms with van der Waals surface area (Å²) in [5.41, 5.74) is -6.71. The normalized spacial score (nSPS) is 40.5. The van der Waals surface area contributed by atoms with Crippen LogP contribution in [0.3, 0.4) is 0 Å². The van der Waals surface area contributed by atoms with Crippen molar-refractivity contribution in [2.75, 3.05) is 12.4 Å². The Morgan fingerprint density at radius 3 is 2.65 bits per heavy atom. The van der Waals surface area contributed by atoms with Crippen LogP contribution >= 0.6 is 11.8 Å². The monoisotopic (exact) mass is 620 g/mol. The predicted molar refractivity (Wildman–Crippen MR) is 159 cm³/mol. The van der Waals surface area contributed by atoms with Crippen LogP contribution in [0.2, 0.25) is 0 Å². The van der Waals surface area contributed by atoms with Crippen molar-refractivity contribution < 1.29 is 42.9 Å². The van der Waals surface area contributed by atoms with Crippen molar-refractivity contribution in [3.63, 3.8) is 0 Å². The van der Waals surface area contributed by atoms with Crippen LogP contribution in [0.25, 0.3) is 0 Å². The van der Waals surface area contributed by atoms with E-state index in [1.54, 1.807) is 32.9 Å². The zero-order valence-electron chi connectivity index (χ0n) is 25.4. The van der Waals surface area contributed by atoms with E-state index in [2.05, 4.69) is 11.8 Å². The first kappa shape index (κ1) is 33.6. The molecule has 4 aliphatic rings. The zero-order chi connectivity index (χ0) is 31.8. The highest BCUT2D eigenvalue weighted by Crippen LogP contribution is 2.72.